The van der Waals surface area contributed by atoms with Crippen LogP contribution in [0.5, 0.6) is 0 Å². The van der Waals surface area contributed by atoms with Crippen LogP contribution in [0.25, 0.3) is 11.0 Å². The first kappa shape index (κ1) is 16.3. The minimum Gasteiger partial charge on any atom is -0.467 e. The largest absolute Gasteiger partial charge is 0.467 e. The Balaban J connectivity index is 1.73. The van der Waals surface area contributed by atoms with E-state index >= 15 is 0 Å². The van der Waals surface area contributed by atoms with E-state index in [2.05, 4.69) is 5.32 Å². The third-order valence-electron chi connectivity index (χ3n) is 4.19. The highest BCUT2D eigenvalue weighted by atomic mass is 16.4. The summed E-state index contributed by atoms with van der Waals surface area (Å²) in [5.41, 5.74) is 2.56. The van der Waals surface area contributed by atoms with Crippen molar-refractivity contribution >= 4 is 16.9 Å². The summed E-state index contributed by atoms with van der Waals surface area (Å²) in [5.74, 6) is 0.535. The third kappa shape index (κ3) is 3.08. The van der Waals surface area contributed by atoms with Gasteiger partial charge in [-0.15, -0.1) is 0 Å². The lowest BCUT2D eigenvalue weighted by Gasteiger charge is -2.16. The second-order valence-corrected chi connectivity index (χ2v) is 6.15. The van der Waals surface area contributed by atoms with E-state index in [0.29, 0.717) is 17.9 Å². The Morgan fingerprint density at radius 2 is 2.04 bits per heavy atom. The van der Waals surface area contributed by atoms with Gasteiger partial charge in [0.05, 0.1) is 6.26 Å². The molecule has 0 spiro atoms. The summed E-state index contributed by atoms with van der Waals surface area (Å²) in [6, 6.07) is 9.06. The van der Waals surface area contributed by atoms with Gasteiger partial charge in [0, 0.05) is 23.4 Å². The quantitative estimate of drug-likeness (QED) is 0.745. The number of aliphatic hydroxyl groups is 1. The summed E-state index contributed by atoms with van der Waals surface area (Å²) >= 11 is 0. The van der Waals surface area contributed by atoms with Crippen molar-refractivity contribution in [2.24, 2.45) is 0 Å². The number of rotatable bonds is 5. The maximum absolute atomic E-state index is 12.5. The molecule has 0 unspecified atom stereocenters. The third-order valence-corrected chi connectivity index (χ3v) is 4.19. The first-order chi connectivity index (χ1) is 11.5. The molecule has 0 fully saturated rings. The van der Waals surface area contributed by atoms with Gasteiger partial charge in [-0.25, -0.2) is 0 Å². The minimum atomic E-state index is -0.755. The fraction of sp³-hybridized carbons (Fsp3) is 0.316. The molecule has 5 heteroatoms. The molecule has 24 heavy (non-hydrogen) atoms. The fourth-order valence-electron chi connectivity index (χ4n) is 2.88. The molecule has 0 radical (unpaired) electrons. The van der Waals surface area contributed by atoms with Crippen molar-refractivity contribution in [3.8, 4) is 0 Å². The van der Waals surface area contributed by atoms with E-state index < -0.39 is 6.10 Å². The lowest BCUT2D eigenvalue weighted by Crippen LogP contribution is -2.33. The van der Waals surface area contributed by atoms with E-state index in [4.69, 9.17) is 8.83 Å². The number of nitrogens with one attached hydrogen (secondary N) is 1. The molecule has 2 atom stereocenters. The standard InChI is InChI=1S/C19H21NO4/c1-11-6-4-7-14-13(3)18(24-17(11)14)19(22)20-12(2)10-15(21)16-8-5-9-23-16/h4-9,12,15,21H,10H2,1-3H3,(H,20,22)/t12-,15-/m1/s1. The number of benzene rings is 1. The highest BCUT2D eigenvalue weighted by Crippen LogP contribution is 2.28. The highest BCUT2D eigenvalue weighted by Gasteiger charge is 2.22. The van der Waals surface area contributed by atoms with Crippen LogP contribution in [-0.4, -0.2) is 17.1 Å². The Hall–Kier alpha value is -2.53. The van der Waals surface area contributed by atoms with Gasteiger partial charge in [0.2, 0.25) is 0 Å². The molecule has 0 aliphatic heterocycles. The van der Waals surface area contributed by atoms with E-state index in [1.54, 1.807) is 12.1 Å². The maximum Gasteiger partial charge on any atom is 0.287 e. The van der Waals surface area contributed by atoms with Crippen molar-refractivity contribution in [3.05, 3.63) is 59.2 Å². The molecule has 2 heterocycles. The SMILES string of the molecule is Cc1c(C(=O)N[C@H](C)C[C@@H](O)c2ccco2)oc2c(C)cccc12. The van der Waals surface area contributed by atoms with Gasteiger partial charge in [0.15, 0.2) is 5.76 Å². The van der Waals surface area contributed by atoms with E-state index in [-0.39, 0.29) is 11.9 Å². The van der Waals surface area contributed by atoms with Gasteiger partial charge < -0.3 is 19.3 Å². The molecular weight excluding hydrogens is 306 g/mol. The van der Waals surface area contributed by atoms with Gasteiger partial charge in [-0.05, 0) is 38.5 Å². The molecule has 0 saturated carbocycles. The molecule has 3 rings (SSSR count). The smallest absolute Gasteiger partial charge is 0.287 e. The van der Waals surface area contributed by atoms with Crippen LogP contribution in [0.4, 0.5) is 0 Å². The van der Waals surface area contributed by atoms with Crippen LogP contribution in [0.3, 0.4) is 0 Å². The molecule has 126 valence electrons. The summed E-state index contributed by atoms with van der Waals surface area (Å²) < 4.78 is 11.0. The zero-order chi connectivity index (χ0) is 17.3. The van der Waals surface area contributed by atoms with Gasteiger partial charge in [-0.1, -0.05) is 18.2 Å². The van der Waals surface area contributed by atoms with Crippen molar-refractivity contribution < 1.29 is 18.7 Å². The number of para-hydroxylation sites is 1. The Kier molecular flexibility index (Phi) is 4.44. The number of carbonyl (C=O) groups excluding carboxylic acids is 1. The predicted octanol–water partition coefficient (Wildman–Crippen LogP) is 3.88. The molecule has 0 aliphatic rings. The number of aliphatic hydroxyl groups excluding tert-OH is 1. The van der Waals surface area contributed by atoms with Gasteiger partial charge in [-0.3, -0.25) is 4.79 Å². The Morgan fingerprint density at radius 3 is 2.71 bits per heavy atom. The number of furan rings is 2. The number of aryl methyl sites for hydroxylation is 2. The molecule has 1 aromatic carbocycles. The lowest BCUT2D eigenvalue weighted by molar-refractivity contribution is 0.0877. The van der Waals surface area contributed by atoms with Gasteiger partial charge in [0.1, 0.15) is 17.4 Å². The molecule has 3 aromatic rings. The monoisotopic (exact) mass is 327 g/mol. The molecule has 0 saturated heterocycles. The van der Waals surface area contributed by atoms with Crippen LogP contribution in [0.2, 0.25) is 0 Å². The zero-order valence-corrected chi connectivity index (χ0v) is 14.0. The van der Waals surface area contributed by atoms with Crippen molar-refractivity contribution in [3.63, 3.8) is 0 Å². The first-order valence-corrected chi connectivity index (χ1v) is 7.98. The van der Waals surface area contributed by atoms with Crippen LogP contribution < -0.4 is 5.32 Å². The predicted molar refractivity (Wildman–Crippen MR) is 90.9 cm³/mol. The summed E-state index contributed by atoms with van der Waals surface area (Å²) in [5, 5.41) is 13.9. The summed E-state index contributed by atoms with van der Waals surface area (Å²) in [6.45, 7) is 5.67. The van der Waals surface area contributed by atoms with E-state index in [0.717, 1.165) is 22.1 Å². The highest BCUT2D eigenvalue weighted by molar-refractivity contribution is 5.99. The minimum absolute atomic E-state index is 0.230. The Bertz CT molecular complexity index is 848. The maximum atomic E-state index is 12.5. The second-order valence-electron chi connectivity index (χ2n) is 6.15. The average molecular weight is 327 g/mol. The summed E-state index contributed by atoms with van der Waals surface area (Å²) in [7, 11) is 0. The van der Waals surface area contributed by atoms with Crippen LogP contribution in [-0.2, 0) is 0 Å². The second kappa shape index (κ2) is 6.53. The van der Waals surface area contributed by atoms with Crippen molar-refractivity contribution in [2.45, 2.75) is 39.3 Å². The van der Waals surface area contributed by atoms with Gasteiger partial charge in [0.25, 0.3) is 5.91 Å². The van der Waals surface area contributed by atoms with Gasteiger partial charge in [-0.2, -0.15) is 0 Å². The molecular formula is C19H21NO4. The number of hydrogen-bond acceptors (Lipinski definition) is 4. The molecule has 2 N–H and O–H groups in total. The van der Waals surface area contributed by atoms with Crippen molar-refractivity contribution in [1.82, 2.24) is 5.32 Å². The normalized spacial score (nSPS) is 13.8. The van der Waals surface area contributed by atoms with E-state index in [1.165, 1.54) is 6.26 Å². The zero-order valence-electron chi connectivity index (χ0n) is 14.0. The van der Waals surface area contributed by atoms with Crippen LogP contribution >= 0.6 is 0 Å². The van der Waals surface area contributed by atoms with Crippen LogP contribution in [0.15, 0.2) is 45.4 Å². The molecule has 2 aromatic heterocycles. The Morgan fingerprint density at radius 1 is 1.25 bits per heavy atom. The molecule has 0 bridgehead atoms. The number of amides is 1. The summed E-state index contributed by atoms with van der Waals surface area (Å²) in [6.07, 6.45) is 1.12. The van der Waals surface area contributed by atoms with Crippen molar-refractivity contribution in [2.75, 3.05) is 0 Å². The van der Waals surface area contributed by atoms with Crippen LogP contribution in [0.1, 0.15) is 46.9 Å². The molecule has 0 aliphatic carbocycles. The summed E-state index contributed by atoms with van der Waals surface area (Å²) in [4.78, 5) is 12.5. The number of carbonyl (C=O) groups is 1. The Labute approximate surface area is 140 Å². The van der Waals surface area contributed by atoms with E-state index in [9.17, 15) is 9.90 Å². The lowest BCUT2D eigenvalue weighted by atomic mass is 10.1. The van der Waals surface area contributed by atoms with E-state index in [1.807, 2.05) is 39.0 Å². The fourth-order valence-corrected chi connectivity index (χ4v) is 2.88. The first-order valence-electron chi connectivity index (χ1n) is 7.98. The number of hydrogen-bond donors (Lipinski definition) is 2. The van der Waals surface area contributed by atoms with Crippen molar-refractivity contribution in [1.29, 1.82) is 0 Å². The topological polar surface area (TPSA) is 75.6 Å². The number of fused-ring (bicyclic) bond motifs is 1. The molecule has 1 amide bonds. The van der Waals surface area contributed by atoms with Crippen LogP contribution in [0, 0.1) is 13.8 Å². The molecule has 5 nitrogen and oxygen atoms in total. The van der Waals surface area contributed by atoms with Gasteiger partial charge >= 0.3 is 0 Å². The average Bonchev–Trinajstić information content (AvgIpc) is 3.16.